The molecule has 1 aliphatic heterocycles. The lowest BCUT2D eigenvalue weighted by Crippen LogP contribution is -2.35. The first-order chi connectivity index (χ1) is 9.63. The molecule has 1 fully saturated rings. The Labute approximate surface area is 119 Å². The molecule has 2 rings (SSSR count). The van der Waals surface area contributed by atoms with Crippen LogP contribution in [-0.2, 0) is 9.59 Å². The van der Waals surface area contributed by atoms with E-state index in [4.69, 9.17) is 0 Å². The number of nitrogens with one attached hydrogen (secondary N) is 2. The van der Waals surface area contributed by atoms with Gasteiger partial charge < -0.3 is 10.6 Å². The van der Waals surface area contributed by atoms with Gasteiger partial charge in [-0.25, -0.2) is 0 Å². The summed E-state index contributed by atoms with van der Waals surface area (Å²) in [6.07, 6.45) is 5.41. The van der Waals surface area contributed by atoms with Crippen LogP contribution in [0.4, 0.5) is 0 Å². The molecule has 1 aromatic carbocycles. The number of hydrogen-bond acceptors (Lipinski definition) is 2. The van der Waals surface area contributed by atoms with Crippen LogP contribution in [0.25, 0.3) is 6.08 Å². The van der Waals surface area contributed by atoms with Crippen LogP contribution in [0.5, 0.6) is 0 Å². The first-order valence-corrected chi connectivity index (χ1v) is 6.95. The van der Waals surface area contributed by atoms with Gasteiger partial charge in [-0.15, -0.1) is 0 Å². The molecule has 0 saturated carbocycles. The molecular formula is C16H20N2O2. The van der Waals surface area contributed by atoms with Crippen molar-refractivity contribution >= 4 is 17.9 Å². The highest BCUT2D eigenvalue weighted by atomic mass is 16.2. The number of carbonyl (C=O) groups excluding carboxylic acids is 2. The van der Waals surface area contributed by atoms with E-state index in [2.05, 4.69) is 10.6 Å². The Morgan fingerprint density at radius 1 is 1.35 bits per heavy atom. The van der Waals surface area contributed by atoms with Gasteiger partial charge in [0.05, 0.1) is 0 Å². The number of carbonyl (C=O) groups is 2. The molecule has 1 aliphatic rings. The van der Waals surface area contributed by atoms with Gasteiger partial charge in [-0.2, -0.15) is 0 Å². The Bertz CT molecular complexity index is 506. The number of aryl methyl sites for hydroxylation is 1. The highest BCUT2D eigenvalue weighted by molar-refractivity contribution is 5.92. The highest BCUT2D eigenvalue weighted by Gasteiger charge is 2.17. The van der Waals surface area contributed by atoms with Crippen LogP contribution in [0.3, 0.4) is 0 Å². The molecule has 1 atom stereocenters. The van der Waals surface area contributed by atoms with Gasteiger partial charge in [-0.1, -0.05) is 29.8 Å². The summed E-state index contributed by atoms with van der Waals surface area (Å²) in [7, 11) is 0. The largest absolute Gasteiger partial charge is 0.356 e. The van der Waals surface area contributed by atoms with Crippen LogP contribution in [0, 0.1) is 6.92 Å². The molecule has 2 N–H and O–H groups in total. The quantitative estimate of drug-likeness (QED) is 0.824. The zero-order valence-electron chi connectivity index (χ0n) is 11.7. The average Bonchev–Trinajstić information content (AvgIpc) is 2.62. The van der Waals surface area contributed by atoms with Gasteiger partial charge in [0.1, 0.15) is 0 Å². The molecule has 0 bridgehead atoms. The Morgan fingerprint density at radius 3 is 2.85 bits per heavy atom. The zero-order valence-corrected chi connectivity index (χ0v) is 11.7. The maximum absolute atomic E-state index is 11.8. The molecule has 0 spiro atoms. The molecule has 0 radical (unpaired) electrons. The lowest BCUT2D eigenvalue weighted by Gasteiger charge is -2.13. The Kier molecular flexibility index (Phi) is 4.93. The number of benzene rings is 1. The molecule has 2 amide bonds. The minimum Gasteiger partial charge on any atom is -0.356 e. The molecule has 1 saturated heterocycles. The second kappa shape index (κ2) is 6.89. The highest BCUT2D eigenvalue weighted by Crippen LogP contribution is 2.07. The molecule has 1 heterocycles. The summed E-state index contributed by atoms with van der Waals surface area (Å²) in [4.78, 5) is 23.2. The van der Waals surface area contributed by atoms with E-state index < -0.39 is 0 Å². The zero-order chi connectivity index (χ0) is 14.4. The second-order valence-corrected chi connectivity index (χ2v) is 5.15. The van der Waals surface area contributed by atoms with Crippen LogP contribution in [0.1, 0.15) is 30.4 Å². The minimum absolute atomic E-state index is 0.00955. The third kappa shape index (κ3) is 4.53. The van der Waals surface area contributed by atoms with E-state index in [0.29, 0.717) is 13.0 Å². The van der Waals surface area contributed by atoms with Gasteiger partial charge in [-0.05, 0) is 31.4 Å². The Hall–Kier alpha value is -2.10. The van der Waals surface area contributed by atoms with Gasteiger partial charge in [0, 0.05) is 25.1 Å². The summed E-state index contributed by atoms with van der Waals surface area (Å²) in [6.45, 7) is 2.72. The van der Waals surface area contributed by atoms with E-state index in [1.165, 1.54) is 11.6 Å². The summed E-state index contributed by atoms with van der Waals surface area (Å²) in [6, 6.07) is 7.89. The second-order valence-electron chi connectivity index (χ2n) is 5.15. The minimum atomic E-state index is -0.148. The van der Waals surface area contributed by atoms with Crippen LogP contribution in [0.15, 0.2) is 30.3 Å². The molecule has 0 aromatic heterocycles. The predicted octanol–water partition coefficient (Wildman–Crippen LogP) is 1.79. The SMILES string of the molecule is Cc1ccc(C=CC(=O)NC2CCCNC(=O)C2)cc1. The van der Waals surface area contributed by atoms with E-state index in [9.17, 15) is 9.59 Å². The molecule has 20 heavy (non-hydrogen) atoms. The number of amides is 2. The van der Waals surface area contributed by atoms with Crippen LogP contribution >= 0.6 is 0 Å². The molecule has 1 aromatic rings. The maximum atomic E-state index is 11.8. The van der Waals surface area contributed by atoms with Crippen molar-refractivity contribution in [3.8, 4) is 0 Å². The predicted molar refractivity (Wildman–Crippen MR) is 79.0 cm³/mol. The van der Waals surface area contributed by atoms with E-state index >= 15 is 0 Å². The van der Waals surface area contributed by atoms with E-state index in [-0.39, 0.29) is 17.9 Å². The smallest absolute Gasteiger partial charge is 0.244 e. The fraction of sp³-hybridized carbons (Fsp3) is 0.375. The lowest BCUT2D eigenvalue weighted by molar-refractivity contribution is -0.121. The van der Waals surface area contributed by atoms with Crippen molar-refractivity contribution in [3.63, 3.8) is 0 Å². The summed E-state index contributed by atoms with van der Waals surface area (Å²) < 4.78 is 0. The Balaban J connectivity index is 1.88. The van der Waals surface area contributed by atoms with Gasteiger partial charge in [-0.3, -0.25) is 9.59 Å². The van der Waals surface area contributed by atoms with Crippen molar-refractivity contribution in [1.82, 2.24) is 10.6 Å². The normalized spacial score (nSPS) is 19.4. The van der Waals surface area contributed by atoms with Gasteiger partial charge in [0.2, 0.25) is 11.8 Å². The first kappa shape index (κ1) is 14.3. The molecule has 4 nitrogen and oxygen atoms in total. The Morgan fingerprint density at radius 2 is 2.10 bits per heavy atom. The van der Waals surface area contributed by atoms with Crippen LogP contribution < -0.4 is 10.6 Å². The van der Waals surface area contributed by atoms with Crippen molar-refractivity contribution in [2.75, 3.05) is 6.54 Å². The number of hydrogen-bond donors (Lipinski definition) is 2. The fourth-order valence-electron chi connectivity index (χ4n) is 2.20. The molecule has 0 aliphatic carbocycles. The third-order valence-electron chi connectivity index (χ3n) is 3.33. The summed E-state index contributed by atoms with van der Waals surface area (Å²) in [5.41, 5.74) is 2.18. The fourth-order valence-corrected chi connectivity index (χ4v) is 2.20. The van der Waals surface area contributed by atoms with Gasteiger partial charge >= 0.3 is 0 Å². The average molecular weight is 272 g/mol. The van der Waals surface area contributed by atoms with Crippen molar-refractivity contribution < 1.29 is 9.59 Å². The summed E-state index contributed by atoms with van der Waals surface area (Å²) in [5.74, 6) is -0.138. The van der Waals surface area contributed by atoms with Gasteiger partial charge in [0.15, 0.2) is 0 Å². The standard InChI is InChI=1S/C16H20N2O2/c1-12-4-6-13(7-5-12)8-9-15(19)18-14-3-2-10-17-16(20)11-14/h4-9,14H,2-3,10-11H2,1H3,(H,17,20)(H,18,19). The monoisotopic (exact) mass is 272 g/mol. The van der Waals surface area contributed by atoms with Crippen LogP contribution in [0.2, 0.25) is 0 Å². The maximum Gasteiger partial charge on any atom is 0.244 e. The van der Waals surface area contributed by atoms with E-state index in [0.717, 1.165) is 18.4 Å². The van der Waals surface area contributed by atoms with Crippen molar-refractivity contribution in [3.05, 3.63) is 41.5 Å². The third-order valence-corrected chi connectivity index (χ3v) is 3.33. The topological polar surface area (TPSA) is 58.2 Å². The first-order valence-electron chi connectivity index (χ1n) is 6.95. The lowest BCUT2D eigenvalue weighted by atomic mass is 10.1. The summed E-state index contributed by atoms with van der Waals surface area (Å²) in [5, 5.41) is 5.69. The molecular weight excluding hydrogens is 252 g/mol. The van der Waals surface area contributed by atoms with Crippen molar-refractivity contribution in [1.29, 1.82) is 0 Å². The molecule has 106 valence electrons. The van der Waals surface area contributed by atoms with Crippen molar-refractivity contribution in [2.45, 2.75) is 32.2 Å². The van der Waals surface area contributed by atoms with E-state index in [1.54, 1.807) is 6.08 Å². The van der Waals surface area contributed by atoms with Crippen molar-refractivity contribution in [2.24, 2.45) is 0 Å². The number of rotatable bonds is 3. The summed E-state index contributed by atoms with van der Waals surface area (Å²) >= 11 is 0. The molecule has 4 heteroatoms. The van der Waals surface area contributed by atoms with Gasteiger partial charge in [0.25, 0.3) is 0 Å². The van der Waals surface area contributed by atoms with Crippen LogP contribution in [-0.4, -0.2) is 24.4 Å². The molecule has 1 unspecified atom stereocenters. The van der Waals surface area contributed by atoms with E-state index in [1.807, 2.05) is 31.2 Å².